The van der Waals surface area contributed by atoms with E-state index in [1.54, 1.807) is 0 Å². The highest BCUT2D eigenvalue weighted by molar-refractivity contribution is 6.71. The van der Waals surface area contributed by atoms with Gasteiger partial charge in [-0.2, -0.15) is 0 Å². The van der Waals surface area contributed by atoms with Crippen molar-refractivity contribution in [3.63, 3.8) is 0 Å². The molecule has 0 N–H and O–H groups in total. The quantitative estimate of drug-likeness (QED) is 0.167. The molecule has 0 aliphatic heterocycles. The van der Waals surface area contributed by atoms with Crippen LogP contribution < -0.4 is 0 Å². The number of halogens is 3. The summed E-state index contributed by atoms with van der Waals surface area (Å²) in [6.07, 6.45) is 7.22. The first kappa shape index (κ1) is 29.4. The largest absolute Gasteiger partial charge is 0.420 e. The van der Waals surface area contributed by atoms with Crippen LogP contribution in [0.1, 0.15) is 57.9 Å². The molecule has 0 saturated carbocycles. The van der Waals surface area contributed by atoms with E-state index in [1.807, 2.05) is 14.0 Å². The summed E-state index contributed by atoms with van der Waals surface area (Å²) >= 11 is 0. The maximum Gasteiger partial charge on any atom is 0.186 e. The SMILES string of the molecule is CCCCC[Si](C)(C)OC.CCO[Si](C)(C)CCCCCc1cc(F)c(F)cc1F. The van der Waals surface area contributed by atoms with Crippen molar-refractivity contribution in [2.75, 3.05) is 13.7 Å². The monoisotopic (exact) mass is 464 g/mol. The highest BCUT2D eigenvalue weighted by Gasteiger charge is 2.20. The third kappa shape index (κ3) is 13.6. The summed E-state index contributed by atoms with van der Waals surface area (Å²) in [4.78, 5) is 0. The Morgan fingerprint density at radius 1 is 0.733 bits per heavy atom. The van der Waals surface area contributed by atoms with E-state index in [9.17, 15) is 13.2 Å². The Morgan fingerprint density at radius 3 is 1.87 bits per heavy atom. The van der Waals surface area contributed by atoms with Crippen LogP contribution in [0.5, 0.6) is 0 Å². The van der Waals surface area contributed by atoms with Gasteiger partial charge in [0.25, 0.3) is 0 Å². The van der Waals surface area contributed by atoms with Gasteiger partial charge in [0, 0.05) is 19.8 Å². The number of hydrogen-bond donors (Lipinski definition) is 0. The molecule has 0 bridgehead atoms. The Morgan fingerprint density at radius 2 is 1.30 bits per heavy atom. The number of benzene rings is 1. The van der Waals surface area contributed by atoms with Crippen molar-refractivity contribution >= 4 is 16.6 Å². The molecule has 0 spiro atoms. The van der Waals surface area contributed by atoms with Crippen LogP contribution in [0, 0.1) is 17.5 Å². The summed E-state index contributed by atoms with van der Waals surface area (Å²) in [7, 11) is -0.913. The van der Waals surface area contributed by atoms with Crippen LogP contribution in [-0.2, 0) is 15.3 Å². The molecule has 2 nitrogen and oxygen atoms in total. The molecule has 0 saturated heterocycles. The minimum atomic E-state index is -1.54. The van der Waals surface area contributed by atoms with Crippen LogP contribution in [0.2, 0.25) is 38.3 Å². The third-order valence-electron chi connectivity index (χ3n) is 5.28. The molecule has 0 aliphatic rings. The van der Waals surface area contributed by atoms with Gasteiger partial charge in [-0.3, -0.25) is 0 Å². The molecule has 0 radical (unpaired) electrons. The highest BCUT2D eigenvalue weighted by atomic mass is 28.4. The van der Waals surface area contributed by atoms with Gasteiger partial charge < -0.3 is 8.85 Å². The lowest BCUT2D eigenvalue weighted by Gasteiger charge is -2.21. The van der Waals surface area contributed by atoms with Gasteiger partial charge in [0.05, 0.1) is 0 Å². The van der Waals surface area contributed by atoms with E-state index < -0.39 is 34.1 Å². The van der Waals surface area contributed by atoms with Crippen LogP contribution in [0.4, 0.5) is 13.2 Å². The molecule has 0 amide bonds. The lowest BCUT2D eigenvalue weighted by molar-refractivity contribution is 0.327. The summed E-state index contributed by atoms with van der Waals surface area (Å²) in [5.41, 5.74) is 0.255. The van der Waals surface area contributed by atoms with Gasteiger partial charge in [-0.1, -0.05) is 39.0 Å². The van der Waals surface area contributed by atoms with Crippen molar-refractivity contribution in [3.05, 3.63) is 35.1 Å². The summed E-state index contributed by atoms with van der Waals surface area (Å²) in [5.74, 6) is -2.77. The fourth-order valence-electron chi connectivity index (χ4n) is 3.16. The smallest absolute Gasteiger partial charge is 0.186 e. The standard InChI is InChI=1S/C15H23F3OSi.C8H20OSi/c1-4-19-20(2,3)9-7-5-6-8-12-10-14(17)15(18)11-13(12)16;1-5-6-7-8-10(3,4)9-2/h10-11H,4-9H2,1-3H3;5-8H2,1-4H3. The molecule has 0 atom stereocenters. The van der Waals surface area contributed by atoms with Gasteiger partial charge in [0.2, 0.25) is 0 Å². The predicted molar refractivity (Wildman–Crippen MR) is 127 cm³/mol. The Kier molecular flexibility index (Phi) is 14.9. The molecular formula is C23H43F3O2Si2. The second-order valence-corrected chi connectivity index (χ2v) is 17.8. The minimum absolute atomic E-state index is 0.255. The first-order valence-corrected chi connectivity index (χ1v) is 17.5. The zero-order valence-electron chi connectivity index (χ0n) is 20.2. The van der Waals surface area contributed by atoms with E-state index in [1.165, 1.54) is 25.3 Å². The van der Waals surface area contributed by atoms with E-state index in [2.05, 4.69) is 33.1 Å². The van der Waals surface area contributed by atoms with Crippen molar-refractivity contribution in [1.82, 2.24) is 0 Å². The average molecular weight is 465 g/mol. The van der Waals surface area contributed by atoms with Crippen LogP contribution in [0.3, 0.4) is 0 Å². The molecule has 0 fully saturated rings. The topological polar surface area (TPSA) is 18.5 Å². The van der Waals surface area contributed by atoms with Crippen molar-refractivity contribution in [2.24, 2.45) is 0 Å². The van der Waals surface area contributed by atoms with Gasteiger partial charge in [-0.15, -0.1) is 0 Å². The van der Waals surface area contributed by atoms with Crippen LogP contribution in [0.25, 0.3) is 0 Å². The summed E-state index contributed by atoms with van der Waals surface area (Å²) < 4.78 is 50.4. The molecule has 0 unspecified atom stereocenters. The summed E-state index contributed by atoms with van der Waals surface area (Å²) in [6.45, 7) is 13.9. The average Bonchev–Trinajstić information content (AvgIpc) is 2.66. The molecule has 1 rings (SSSR count). The van der Waals surface area contributed by atoms with Crippen molar-refractivity contribution in [2.45, 2.75) is 97.1 Å². The predicted octanol–water partition coefficient (Wildman–Crippen LogP) is 8.09. The maximum absolute atomic E-state index is 13.4. The van der Waals surface area contributed by atoms with Crippen molar-refractivity contribution in [1.29, 1.82) is 0 Å². The van der Waals surface area contributed by atoms with Crippen LogP contribution in [0.15, 0.2) is 12.1 Å². The van der Waals surface area contributed by atoms with E-state index in [-0.39, 0.29) is 5.56 Å². The molecule has 0 aliphatic carbocycles. The second-order valence-electron chi connectivity index (χ2n) is 9.03. The van der Waals surface area contributed by atoms with E-state index in [4.69, 9.17) is 8.85 Å². The zero-order valence-corrected chi connectivity index (χ0v) is 22.2. The van der Waals surface area contributed by atoms with E-state index in [0.29, 0.717) is 12.5 Å². The minimum Gasteiger partial charge on any atom is -0.420 e. The molecule has 30 heavy (non-hydrogen) atoms. The van der Waals surface area contributed by atoms with E-state index in [0.717, 1.165) is 38.0 Å². The molecule has 0 aromatic heterocycles. The fourth-order valence-corrected chi connectivity index (χ4v) is 6.50. The molecule has 7 heteroatoms. The normalized spacial score (nSPS) is 11.9. The molecule has 1 aromatic carbocycles. The number of aryl methyl sites for hydroxylation is 1. The van der Waals surface area contributed by atoms with Crippen LogP contribution in [-0.4, -0.2) is 30.4 Å². The van der Waals surface area contributed by atoms with Gasteiger partial charge in [-0.05, 0) is 69.7 Å². The Hall–Kier alpha value is -0.636. The zero-order chi connectivity index (χ0) is 23.2. The van der Waals surface area contributed by atoms with Crippen molar-refractivity contribution in [3.8, 4) is 0 Å². The number of hydrogen-bond acceptors (Lipinski definition) is 2. The first-order chi connectivity index (χ1) is 14.0. The third-order valence-corrected chi connectivity index (χ3v) is 10.6. The molecule has 176 valence electrons. The Labute approximate surface area is 184 Å². The van der Waals surface area contributed by atoms with Crippen molar-refractivity contribution < 1.29 is 22.0 Å². The maximum atomic E-state index is 13.4. The van der Waals surface area contributed by atoms with E-state index >= 15 is 0 Å². The Balaban J connectivity index is 0.000000710. The first-order valence-electron chi connectivity index (χ1n) is 11.3. The van der Waals surface area contributed by atoms with Gasteiger partial charge in [0.1, 0.15) is 5.82 Å². The molecular weight excluding hydrogens is 421 g/mol. The van der Waals surface area contributed by atoms with Gasteiger partial charge in [0.15, 0.2) is 28.3 Å². The van der Waals surface area contributed by atoms with Crippen LogP contribution >= 0.6 is 0 Å². The summed E-state index contributed by atoms with van der Waals surface area (Å²) in [5, 5.41) is 0. The fraction of sp³-hybridized carbons (Fsp3) is 0.739. The Bertz CT molecular complexity index is 596. The van der Waals surface area contributed by atoms with Gasteiger partial charge in [-0.25, -0.2) is 13.2 Å². The summed E-state index contributed by atoms with van der Waals surface area (Å²) in [6, 6.07) is 3.97. The lowest BCUT2D eigenvalue weighted by atomic mass is 10.1. The lowest BCUT2D eigenvalue weighted by Crippen LogP contribution is -2.29. The molecule has 1 aromatic rings. The number of unbranched alkanes of at least 4 members (excludes halogenated alkanes) is 4. The highest BCUT2D eigenvalue weighted by Crippen LogP contribution is 2.19. The van der Waals surface area contributed by atoms with Gasteiger partial charge >= 0.3 is 0 Å². The molecule has 0 heterocycles. The number of rotatable bonds is 13. The second kappa shape index (κ2) is 15.2.